The monoisotopic (exact) mass is 499 g/mol. The van der Waals surface area contributed by atoms with Gasteiger partial charge in [0.2, 0.25) is 0 Å². The van der Waals surface area contributed by atoms with E-state index in [1.807, 2.05) is 27.7 Å². The van der Waals surface area contributed by atoms with Gasteiger partial charge in [-0.05, 0) is 51.8 Å². The van der Waals surface area contributed by atoms with Gasteiger partial charge in [0.1, 0.15) is 24.3 Å². The Morgan fingerprint density at radius 2 is 2.08 bits per heavy atom. The number of carbonyl (C=O) groups is 2. The van der Waals surface area contributed by atoms with Crippen LogP contribution in [0.1, 0.15) is 43.2 Å². The fourth-order valence-electron chi connectivity index (χ4n) is 4.37. The van der Waals surface area contributed by atoms with Gasteiger partial charge in [0, 0.05) is 31.9 Å². The van der Waals surface area contributed by atoms with Crippen molar-refractivity contribution in [3.63, 3.8) is 0 Å². The van der Waals surface area contributed by atoms with Crippen molar-refractivity contribution in [3.8, 4) is 5.75 Å². The minimum absolute atomic E-state index is 0.152. The first-order valence-corrected chi connectivity index (χ1v) is 12.0. The number of aromatic nitrogens is 2. The van der Waals surface area contributed by atoms with Gasteiger partial charge in [-0.3, -0.25) is 10.2 Å². The second-order valence-electron chi connectivity index (χ2n) is 9.14. The number of fused-ring (bicyclic) bond motifs is 1. The molecule has 11 heteroatoms. The van der Waals surface area contributed by atoms with E-state index >= 15 is 0 Å². The second kappa shape index (κ2) is 10.7. The van der Waals surface area contributed by atoms with Crippen LogP contribution in [0.15, 0.2) is 24.4 Å². The van der Waals surface area contributed by atoms with Crippen LogP contribution in [0.2, 0.25) is 0 Å². The minimum Gasteiger partial charge on any atom is -0.491 e. The number of pyridine rings is 2. The average Bonchev–Trinajstić information content (AvgIpc) is 3.09. The van der Waals surface area contributed by atoms with Crippen molar-refractivity contribution >= 4 is 29.3 Å². The van der Waals surface area contributed by atoms with Gasteiger partial charge in [-0.15, -0.1) is 0 Å². The maximum absolute atomic E-state index is 13.4. The lowest BCUT2D eigenvalue weighted by Gasteiger charge is -2.27. The summed E-state index contributed by atoms with van der Waals surface area (Å²) in [5.41, 5.74) is 1.82. The molecule has 1 atom stereocenters. The Kier molecular flexibility index (Phi) is 7.60. The van der Waals surface area contributed by atoms with Crippen molar-refractivity contribution in [2.75, 3.05) is 55.1 Å². The van der Waals surface area contributed by atoms with Crippen molar-refractivity contribution in [2.24, 2.45) is 0 Å². The Balaban J connectivity index is 1.53. The minimum atomic E-state index is -0.623. The molecule has 11 nitrogen and oxygen atoms in total. The average molecular weight is 500 g/mol. The number of nitrogens with zero attached hydrogens (tertiary/aromatic N) is 4. The number of hydrogen-bond acceptors (Lipinski definition) is 9. The van der Waals surface area contributed by atoms with Gasteiger partial charge < -0.3 is 23.8 Å². The number of carbonyl (C=O) groups excluding carboxylic acids is 2. The molecule has 2 aliphatic rings. The Hall–Kier alpha value is -3.44. The molecular formula is C25H33N5O6. The van der Waals surface area contributed by atoms with Crippen molar-refractivity contribution in [3.05, 3.63) is 35.7 Å². The molecular weight excluding hydrogens is 466 g/mol. The quantitative estimate of drug-likeness (QED) is 0.597. The van der Waals surface area contributed by atoms with Crippen molar-refractivity contribution in [1.82, 2.24) is 9.97 Å². The van der Waals surface area contributed by atoms with Crippen LogP contribution in [0.5, 0.6) is 5.75 Å². The number of hydrogen-bond donors (Lipinski definition) is 1. The van der Waals surface area contributed by atoms with E-state index in [9.17, 15) is 9.59 Å². The Morgan fingerprint density at radius 1 is 1.28 bits per heavy atom. The summed E-state index contributed by atoms with van der Waals surface area (Å²) >= 11 is 0. The van der Waals surface area contributed by atoms with E-state index in [1.54, 1.807) is 29.3 Å². The number of nitrogens with one attached hydrogen (secondary N) is 1. The van der Waals surface area contributed by atoms with Crippen LogP contribution in [0, 0.1) is 6.92 Å². The number of urea groups is 1. The van der Waals surface area contributed by atoms with Gasteiger partial charge in [-0.2, -0.15) is 0 Å². The van der Waals surface area contributed by atoms with Gasteiger partial charge in [0.25, 0.3) is 0 Å². The Bertz CT molecular complexity index is 1120. The molecule has 4 rings (SSSR count). The van der Waals surface area contributed by atoms with Crippen molar-refractivity contribution in [2.45, 2.75) is 46.0 Å². The zero-order chi connectivity index (χ0) is 25.9. The van der Waals surface area contributed by atoms with Crippen LogP contribution in [-0.4, -0.2) is 73.8 Å². The number of esters is 1. The summed E-state index contributed by atoms with van der Waals surface area (Å²) < 4.78 is 22.0. The highest BCUT2D eigenvalue weighted by atomic mass is 16.7. The molecule has 2 amide bonds. The first-order chi connectivity index (χ1) is 17.2. The lowest BCUT2D eigenvalue weighted by Crippen LogP contribution is -2.36. The largest absolute Gasteiger partial charge is 0.491 e. The van der Waals surface area contributed by atoms with Crippen LogP contribution in [0.25, 0.3) is 0 Å². The lowest BCUT2D eigenvalue weighted by atomic mass is 10.1. The van der Waals surface area contributed by atoms with Crippen molar-refractivity contribution in [1.29, 1.82) is 0 Å². The first-order valence-electron chi connectivity index (χ1n) is 12.0. The first kappa shape index (κ1) is 25.6. The molecule has 0 aliphatic carbocycles. The zero-order valence-electron chi connectivity index (χ0n) is 21.4. The number of amides is 2. The SMILES string of the molecule is CCN1CCCN(C(=O)Nc2cc(OC[C@H]3COC(C)(C)O3)ccn2)c2nc(C(=O)OC)cc(C)c21. The molecule has 2 aliphatic heterocycles. The van der Waals surface area contributed by atoms with Gasteiger partial charge in [-0.1, -0.05) is 0 Å². The van der Waals surface area contributed by atoms with Crippen LogP contribution in [-0.2, 0) is 14.2 Å². The molecule has 0 spiro atoms. The Morgan fingerprint density at radius 3 is 2.78 bits per heavy atom. The van der Waals surface area contributed by atoms with Crippen LogP contribution in [0.3, 0.4) is 0 Å². The standard InChI is InChI=1S/C25H33N5O6/c1-6-29-10-7-11-30(22-21(29)16(2)12-19(27-22)23(31)33-5)24(32)28-20-13-17(8-9-26-20)34-14-18-15-35-25(3,4)36-18/h8-9,12-13,18H,6-7,10-11,14-15H2,1-5H3,(H,26,28,32)/t18-/m0/s1. The van der Waals surface area contributed by atoms with Gasteiger partial charge in [0.15, 0.2) is 17.3 Å². The molecule has 4 heterocycles. The molecule has 1 fully saturated rings. The third kappa shape index (κ3) is 5.68. The molecule has 1 N–H and O–H groups in total. The number of anilines is 3. The topological polar surface area (TPSA) is 115 Å². The molecule has 36 heavy (non-hydrogen) atoms. The van der Waals surface area contributed by atoms with Crippen molar-refractivity contribution < 1.29 is 28.5 Å². The third-order valence-corrected chi connectivity index (χ3v) is 6.04. The predicted octanol–water partition coefficient (Wildman–Crippen LogP) is 3.37. The highest BCUT2D eigenvalue weighted by molar-refractivity contribution is 6.03. The summed E-state index contributed by atoms with van der Waals surface area (Å²) in [6.45, 7) is 10.4. The van der Waals surface area contributed by atoms with Crippen LogP contribution < -0.4 is 19.9 Å². The lowest BCUT2D eigenvalue weighted by molar-refractivity contribution is -0.141. The van der Waals surface area contributed by atoms with E-state index in [-0.39, 0.29) is 11.8 Å². The number of methoxy groups -OCH3 is 1. The molecule has 2 aromatic heterocycles. The van der Waals surface area contributed by atoms with Gasteiger partial charge >= 0.3 is 12.0 Å². The van der Waals surface area contributed by atoms with E-state index in [2.05, 4.69) is 20.2 Å². The smallest absolute Gasteiger partial charge is 0.356 e. The molecule has 1 saturated heterocycles. The molecule has 0 bridgehead atoms. The highest BCUT2D eigenvalue weighted by Gasteiger charge is 2.33. The van der Waals surface area contributed by atoms with Crippen LogP contribution >= 0.6 is 0 Å². The summed E-state index contributed by atoms with van der Waals surface area (Å²) in [4.78, 5) is 38.1. The zero-order valence-corrected chi connectivity index (χ0v) is 21.4. The number of rotatable bonds is 6. The van der Waals surface area contributed by atoms with E-state index < -0.39 is 17.8 Å². The number of aryl methyl sites for hydroxylation is 1. The molecule has 2 aromatic rings. The van der Waals surface area contributed by atoms with Gasteiger partial charge in [0.05, 0.1) is 19.4 Å². The maximum Gasteiger partial charge on any atom is 0.356 e. The third-order valence-electron chi connectivity index (χ3n) is 6.04. The van der Waals surface area contributed by atoms with Crippen LogP contribution in [0.4, 0.5) is 22.1 Å². The fraction of sp³-hybridized carbons (Fsp3) is 0.520. The number of ether oxygens (including phenoxy) is 4. The Labute approximate surface area is 210 Å². The normalized spacial score (nSPS) is 18.9. The second-order valence-corrected chi connectivity index (χ2v) is 9.14. The summed E-state index contributed by atoms with van der Waals surface area (Å²) in [6, 6.07) is 4.66. The van der Waals surface area contributed by atoms with E-state index in [0.717, 1.165) is 30.8 Å². The van der Waals surface area contributed by atoms with E-state index in [1.165, 1.54) is 7.11 Å². The molecule has 0 aromatic carbocycles. The molecule has 0 unspecified atom stereocenters. The maximum atomic E-state index is 13.4. The summed E-state index contributed by atoms with van der Waals surface area (Å²) in [5.74, 6) is 0.118. The summed E-state index contributed by atoms with van der Waals surface area (Å²) in [7, 11) is 1.31. The van der Waals surface area contributed by atoms with E-state index in [0.29, 0.717) is 37.1 Å². The molecule has 0 radical (unpaired) electrons. The highest BCUT2D eigenvalue weighted by Crippen LogP contribution is 2.35. The predicted molar refractivity (Wildman–Crippen MR) is 134 cm³/mol. The summed E-state index contributed by atoms with van der Waals surface area (Å²) in [5, 5.41) is 2.84. The molecule has 194 valence electrons. The molecule has 0 saturated carbocycles. The van der Waals surface area contributed by atoms with E-state index in [4.69, 9.17) is 18.9 Å². The fourth-order valence-corrected chi connectivity index (χ4v) is 4.37. The van der Waals surface area contributed by atoms with Gasteiger partial charge in [-0.25, -0.2) is 19.6 Å². The summed E-state index contributed by atoms with van der Waals surface area (Å²) in [6.07, 6.45) is 2.12.